The van der Waals surface area contributed by atoms with Crippen LogP contribution in [0, 0.1) is 34.9 Å². The first kappa shape index (κ1) is 16.5. The summed E-state index contributed by atoms with van der Waals surface area (Å²) in [4.78, 5) is 11.6. The minimum atomic E-state index is -2.30. The summed E-state index contributed by atoms with van der Waals surface area (Å²) in [6.07, 6.45) is 0.275. The SMILES string of the molecule is O=C(N/N=C/c1c(F)c(F)c(F)c(F)c1F)c1ccc(F)cc1. The molecule has 3 nitrogen and oxygen atoms in total. The highest BCUT2D eigenvalue weighted by Gasteiger charge is 2.24. The lowest BCUT2D eigenvalue weighted by Gasteiger charge is -2.04. The summed E-state index contributed by atoms with van der Waals surface area (Å²) in [6, 6.07) is 4.20. The van der Waals surface area contributed by atoms with Crippen LogP contribution in [0.15, 0.2) is 29.4 Å². The van der Waals surface area contributed by atoms with Crippen molar-refractivity contribution in [2.75, 3.05) is 0 Å². The van der Waals surface area contributed by atoms with Crippen LogP contribution in [-0.4, -0.2) is 12.1 Å². The van der Waals surface area contributed by atoms with Gasteiger partial charge in [0.1, 0.15) is 5.82 Å². The summed E-state index contributed by atoms with van der Waals surface area (Å²) in [5.41, 5.74) is 0.479. The summed E-state index contributed by atoms with van der Waals surface area (Å²) < 4.78 is 78.1. The van der Waals surface area contributed by atoms with Gasteiger partial charge in [-0.3, -0.25) is 4.79 Å². The number of benzene rings is 2. The first-order chi connectivity index (χ1) is 10.8. The smallest absolute Gasteiger partial charge is 0.267 e. The lowest BCUT2D eigenvalue weighted by molar-refractivity contribution is 0.0955. The van der Waals surface area contributed by atoms with Crippen molar-refractivity contribution < 1.29 is 31.1 Å². The van der Waals surface area contributed by atoms with Gasteiger partial charge in [-0.15, -0.1) is 0 Å². The number of nitrogens with zero attached hydrogens (tertiary/aromatic N) is 1. The van der Waals surface area contributed by atoms with E-state index in [1.807, 2.05) is 5.43 Å². The molecule has 0 aliphatic rings. The molecule has 0 bridgehead atoms. The minimum Gasteiger partial charge on any atom is -0.267 e. The van der Waals surface area contributed by atoms with Crippen LogP contribution in [0.2, 0.25) is 0 Å². The number of hydrogen-bond donors (Lipinski definition) is 1. The number of amides is 1. The van der Waals surface area contributed by atoms with E-state index < -0.39 is 46.4 Å². The van der Waals surface area contributed by atoms with Crippen molar-refractivity contribution in [1.82, 2.24) is 5.43 Å². The van der Waals surface area contributed by atoms with Gasteiger partial charge in [0.15, 0.2) is 23.3 Å². The third kappa shape index (κ3) is 3.33. The fourth-order valence-corrected chi connectivity index (χ4v) is 1.56. The lowest BCUT2D eigenvalue weighted by Crippen LogP contribution is -2.18. The molecule has 1 amide bonds. The van der Waals surface area contributed by atoms with Gasteiger partial charge in [-0.25, -0.2) is 31.8 Å². The van der Waals surface area contributed by atoms with Crippen molar-refractivity contribution in [2.45, 2.75) is 0 Å². The Morgan fingerprint density at radius 1 is 0.826 bits per heavy atom. The van der Waals surface area contributed by atoms with E-state index in [1.54, 1.807) is 0 Å². The fraction of sp³-hybridized carbons (Fsp3) is 0. The van der Waals surface area contributed by atoms with Gasteiger partial charge >= 0.3 is 0 Å². The maximum absolute atomic E-state index is 13.3. The number of nitrogens with one attached hydrogen (secondary N) is 1. The average Bonchev–Trinajstić information content (AvgIpc) is 2.54. The van der Waals surface area contributed by atoms with Gasteiger partial charge in [0.05, 0.1) is 11.8 Å². The molecule has 1 N–H and O–H groups in total. The molecule has 0 aromatic heterocycles. The number of rotatable bonds is 3. The lowest BCUT2D eigenvalue weighted by atomic mass is 10.2. The van der Waals surface area contributed by atoms with Crippen molar-refractivity contribution in [3.63, 3.8) is 0 Å². The van der Waals surface area contributed by atoms with E-state index in [1.165, 1.54) is 0 Å². The Hall–Kier alpha value is -2.84. The second-order valence-electron chi connectivity index (χ2n) is 4.19. The molecule has 2 aromatic carbocycles. The van der Waals surface area contributed by atoms with Gasteiger partial charge in [-0.1, -0.05) is 0 Å². The van der Waals surface area contributed by atoms with E-state index >= 15 is 0 Å². The van der Waals surface area contributed by atoms with E-state index in [0.717, 1.165) is 24.3 Å². The summed E-state index contributed by atoms with van der Waals surface area (Å²) in [5.74, 6) is -12.2. The number of hydrogen-bond acceptors (Lipinski definition) is 2. The molecule has 0 unspecified atom stereocenters. The van der Waals surface area contributed by atoms with Crippen LogP contribution in [-0.2, 0) is 0 Å². The Kier molecular flexibility index (Phi) is 4.68. The third-order valence-electron chi connectivity index (χ3n) is 2.71. The average molecular weight is 332 g/mol. The molecule has 0 heterocycles. The number of carbonyl (C=O) groups is 1. The molecular formula is C14H6F6N2O. The topological polar surface area (TPSA) is 41.5 Å². The molecule has 120 valence electrons. The Bertz CT molecular complexity index is 760. The second-order valence-corrected chi connectivity index (χ2v) is 4.19. The first-order valence-corrected chi connectivity index (χ1v) is 5.93. The molecule has 2 aromatic rings. The molecule has 0 aliphatic carbocycles. The van der Waals surface area contributed by atoms with Crippen LogP contribution in [0.3, 0.4) is 0 Å². The molecule has 9 heteroatoms. The highest BCUT2D eigenvalue weighted by Crippen LogP contribution is 2.21. The molecule has 0 aliphatic heterocycles. The summed E-state index contributed by atoms with van der Waals surface area (Å²) in [7, 11) is 0. The molecule has 0 atom stereocenters. The number of halogens is 6. The quantitative estimate of drug-likeness (QED) is 0.303. The van der Waals surface area contributed by atoms with Crippen LogP contribution in [0.25, 0.3) is 0 Å². The highest BCUT2D eigenvalue weighted by molar-refractivity contribution is 5.94. The van der Waals surface area contributed by atoms with Crippen molar-refractivity contribution >= 4 is 12.1 Å². The Morgan fingerprint density at radius 3 is 1.83 bits per heavy atom. The second kappa shape index (κ2) is 6.51. The normalized spacial score (nSPS) is 11.0. The number of carbonyl (C=O) groups excluding carboxylic acids is 1. The molecule has 0 saturated heterocycles. The van der Waals surface area contributed by atoms with Gasteiger partial charge in [0.25, 0.3) is 5.91 Å². The highest BCUT2D eigenvalue weighted by atomic mass is 19.2. The standard InChI is InChI=1S/C14H6F6N2O/c15-7-3-1-6(2-4-7)14(23)22-21-5-8-9(16)11(18)13(20)12(19)10(8)17/h1-5H,(H,22,23)/b21-5+. The molecular weight excluding hydrogens is 326 g/mol. The van der Waals surface area contributed by atoms with Crippen LogP contribution >= 0.6 is 0 Å². The molecule has 23 heavy (non-hydrogen) atoms. The van der Waals surface area contributed by atoms with Crippen LogP contribution in [0.5, 0.6) is 0 Å². The summed E-state index contributed by atoms with van der Waals surface area (Å²) in [6.45, 7) is 0. The maximum Gasteiger partial charge on any atom is 0.271 e. The van der Waals surface area contributed by atoms with Gasteiger partial charge in [-0.2, -0.15) is 5.10 Å². The predicted octanol–water partition coefficient (Wildman–Crippen LogP) is 3.29. The minimum absolute atomic E-state index is 0.0269. The Balaban J connectivity index is 2.21. The van der Waals surface area contributed by atoms with E-state index in [9.17, 15) is 31.1 Å². The first-order valence-electron chi connectivity index (χ1n) is 5.93. The summed E-state index contributed by atoms with van der Waals surface area (Å²) >= 11 is 0. The summed E-state index contributed by atoms with van der Waals surface area (Å²) in [5, 5.41) is 3.12. The van der Waals surface area contributed by atoms with Crippen molar-refractivity contribution in [2.24, 2.45) is 5.10 Å². The van der Waals surface area contributed by atoms with E-state index in [-0.39, 0.29) is 11.8 Å². The largest absolute Gasteiger partial charge is 0.271 e. The predicted molar refractivity (Wildman–Crippen MR) is 67.7 cm³/mol. The van der Waals surface area contributed by atoms with Gasteiger partial charge in [0.2, 0.25) is 5.82 Å². The van der Waals surface area contributed by atoms with E-state index in [0.29, 0.717) is 0 Å². The van der Waals surface area contributed by atoms with Crippen LogP contribution in [0.4, 0.5) is 26.3 Å². The van der Waals surface area contributed by atoms with Crippen molar-refractivity contribution in [3.05, 3.63) is 70.3 Å². The van der Waals surface area contributed by atoms with Crippen molar-refractivity contribution in [3.8, 4) is 0 Å². The van der Waals surface area contributed by atoms with Crippen molar-refractivity contribution in [1.29, 1.82) is 0 Å². The molecule has 0 saturated carbocycles. The monoisotopic (exact) mass is 332 g/mol. The fourth-order valence-electron chi connectivity index (χ4n) is 1.56. The zero-order chi connectivity index (χ0) is 17.1. The van der Waals surface area contributed by atoms with Gasteiger partial charge in [-0.05, 0) is 24.3 Å². The van der Waals surface area contributed by atoms with E-state index in [4.69, 9.17) is 0 Å². The molecule has 2 rings (SSSR count). The molecule has 0 radical (unpaired) electrons. The third-order valence-corrected chi connectivity index (χ3v) is 2.71. The molecule has 0 spiro atoms. The zero-order valence-electron chi connectivity index (χ0n) is 11.0. The maximum atomic E-state index is 13.3. The van der Waals surface area contributed by atoms with Crippen LogP contribution in [0.1, 0.15) is 15.9 Å². The van der Waals surface area contributed by atoms with Gasteiger partial charge in [0, 0.05) is 5.56 Å². The van der Waals surface area contributed by atoms with E-state index in [2.05, 4.69) is 5.10 Å². The van der Waals surface area contributed by atoms with Crippen LogP contribution < -0.4 is 5.43 Å². The molecule has 0 fully saturated rings. The Morgan fingerprint density at radius 2 is 1.30 bits per heavy atom. The zero-order valence-corrected chi connectivity index (χ0v) is 11.0. The number of hydrazone groups is 1. The Labute approximate surface area is 125 Å². The van der Waals surface area contributed by atoms with Gasteiger partial charge < -0.3 is 0 Å².